The minimum absolute atomic E-state index is 0.0289. The van der Waals surface area contributed by atoms with Crippen molar-refractivity contribution in [3.05, 3.63) is 93.5 Å². The van der Waals surface area contributed by atoms with E-state index in [2.05, 4.69) is 34.4 Å². The first-order valence-electron chi connectivity index (χ1n) is 10.6. The van der Waals surface area contributed by atoms with E-state index in [4.69, 9.17) is 0 Å². The molecule has 3 aromatic rings. The molecule has 3 amide bonds. The molecule has 5 nitrogen and oxygen atoms in total. The number of carbonyl (C=O) groups excluding carboxylic acids is 3. The van der Waals surface area contributed by atoms with Crippen molar-refractivity contribution < 1.29 is 14.4 Å². The van der Waals surface area contributed by atoms with Crippen molar-refractivity contribution >= 4 is 44.4 Å². The van der Waals surface area contributed by atoms with Crippen molar-refractivity contribution in [2.45, 2.75) is 25.7 Å². The summed E-state index contributed by atoms with van der Waals surface area (Å²) in [5, 5.41) is 2.35. The fraction of sp³-hybridized carbons (Fsp3) is 0.192. The molecule has 2 atom stereocenters. The van der Waals surface area contributed by atoms with Crippen LogP contribution in [0.15, 0.2) is 76.8 Å². The Labute approximate surface area is 194 Å². The van der Waals surface area contributed by atoms with Gasteiger partial charge in [-0.25, -0.2) is 0 Å². The zero-order chi connectivity index (χ0) is 22.4. The lowest BCUT2D eigenvalue weighted by molar-refractivity contribution is -0.129. The highest BCUT2D eigenvalue weighted by Crippen LogP contribution is 2.38. The van der Waals surface area contributed by atoms with E-state index in [0.29, 0.717) is 22.9 Å². The smallest absolute Gasteiger partial charge is 0.273 e. The van der Waals surface area contributed by atoms with Crippen molar-refractivity contribution in [3.63, 3.8) is 0 Å². The monoisotopic (exact) mass is 488 g/mol. The van der Waals surface area contributed by atoms with E-state index in [1.54, 1.807) is 24.3 Å². The highest BCUT2D eigenvalue weighted by molar-refractivity contribution is 9.10. The standard InChI is InChI=1S/C26H21BrN2O3/c1-15-8-13-19(22(14-15)16-9-11-18(27)12-10-16)24(30)28-29-25(31)20-6-2-4-17-5-3-7-21(23(17)20)26(29)32/h2-12,19,22H,13-14H2,1H3,(H,28,30)/t19-,22+/m1/s1. The molecule has 0 aromatic heterocycles. The third-order valence-corrected chi connectivity index (χ3v) is 6.91. The number of halogens is 1. The third-order valence-electron chi connectivity index (χ3n) is 6.38. The summed E-state index contributed by atoms with van der Waals surface area (Å²) < 4.78 is 0.975. The van der Waals surface area contributed by atoms with E-state index >= 15 is 0 Å². The molecule has 0 spiro atoms. The van der Waals surface area contributed by atoms with E-state index in [1.165, 1.54) is 5.57 Å². The number of benzene rings is 3. The Morgan fingerprint density at radius 3 is 2.22 bits per heavy atom. The number of amides is 3. The third kappa shape index (κ3) is 3.45. The van der Waals surface area contributed by atoms with Crippen LogP contribution in [-0.2, 0) is 4.79 Å². The number of rotatable bonds is 3. The predicted molar refractivity (Wildman–Crippen MR) is 126 cm³/mol. The van der Waals surface area contributed by atoms with Crippen LogP contribution in [0.25, 0.3) is 10.8 Å². The van der Waals surface area contributed by atoms with Gasteiger partial charge >= 0.3 is 0 Å². The fourth-order valence-electron chi connectivity index (χ4n) is 4.74. The Balaban J connectivity index is 1.45. The van der Waals surface area contributed by atoms with Crippen LogP contribution < -0.4 is 5.43 Å². The lowest BCUT2D eigenvalue weighted by Crippen LogP contribution is -2.53. The summed E-state index contributed by atoms with van der Waals surface area (Å²) in [6, 6.07) is 18.7. The molecular weight excluding hydrogens is 468 g/mol. The van der Waals surface area contributed by atoms with Crippen molar-refractivity contribution in [2.24, 2.45) is 5.92 Å². The molecule has 160 valence electrons. The van der Waals surface area contributed by atoms with Gasteiger partial charge in [0.1, 0.15) is 0 Å². The Bertz CT molecular complexity index is 1250. The SMILES string of the molecule is CC1=CC[C@@H](C(=O)NN2C(=O)c3cccc4cccc(c34)C2=O)[C@H](c2ccc(Br)cc2)C1. The molecule has 1 N–H and O–H groups in total. The molecule has 32 heavy (non-hydrogen) atoms. The number of imide groups is 1. The molecule has 0 saturated carbocycles. The number of nitrogens with zero attached hydrogens (tertiary/aromatic N) is 1. The maximum Gasteiger partial charge on any atom is 0.280 e. The van der Waals surface area contributed by atoms with E-state index in [0.717, 1.165) is 26.9 Å². The van der Waals surface area contributed by atoms with Gasteiger partial charge in [-0.3, -0.25) is 19.8 Å². The molecule has 1 aliphatic heterocycles. The summed E-state index contributed by atoms with van der Waals surface area (Å²) in [5.41, 5.74) is 5.78. The predicted octanol–water partition coefficient (Wildman–Crippen LogP) is 5.37. The molecule has 0 unspecified atom stereocenters. The van der Waals surface area contributed by atoms with Gasteiger partial charge < -0.3 is 0 Å². The molecule has 6 heteroatoms. The number of allylic oxidation sites excluding steroid dienone is 2. The molecular formula is C26H21BrN2O3. The summed E-state index contributed by atoms with van der Waals surface area (Å²) in [7, 11) is 0. The number of nitrogens with one attached hydrogen (secondary N) is 1. The van der Waals surface area contributed by atoms with Gasteiger partial charge in [0.25, 0.3) is 11.8 Å². The van der Waals surface area contributed by atoms with Crippen molar-refractivity contribution in [1.29, 1.82) is 0 Å². The summed E-state index contributed by atoms with van der Waals surface area (Å²) in [5.74, 6) is -1.74. The van der Waals surface area contributed by atoms with Crippen LogP contribution in [0.5, 0.6) is 0 Å². The molecule has 1 heterocycles. The summed E-state index contributed by atoms with van der Waals surface area (Å²) in [6.45, 7) is 2.06. The summed E-state index contributed by atoms with van der Waals surface area (Å²) >= 11 is 3.46. The van der Waals surface area contributed by atoms with Gasteiger partial charge in [-0.1, -0.05) is 64.0 Å². The van der Waals surface area contributed by atoms with Crippen molar-refractivity contribution in [3.8, 4) is 0 Å². The molecule has 0 saturated heterocycles. The number of hydrogen-bond acceptors (Lipinski definition) is 3. The normalized spacial score (nSPS) is 20.3. The lowest BCUT2D eigenvalue weighted by atomic mass is 9.75. The van der Waals surface area contributed by atoms with Crippen LogP contribution in [0.2, 0.25) is 0 Å². The van der Waals surface area contributed by atoms with E-state index in [9.17, 15) is 14.4 Å². The summed E-state index contributed by atoms with van der Waals surface area (Å²) in [6.07, 6.45) is 3.38. The Morgan fingerprint density at radius 2 is 1.59 bits per heavy atom. The van der Waals surface area contributed by atoms with Gasteiger partial charge in [-0.2, -0.15) is 5.01 Å². The lowest BCUT2D eigenvalue weighted by Gasteiger charge is -2.33. The molecule has 0 bridgehead atoms. The van der Waals surface area contributed by atoms with E-state index in [-0.39, 0.29) is 17.7 Å². The molecule has 0 fully saturated rings. The largest absolute Gasteiger partial charge is 0.280 e. The van der Waals surface area contributed by atoms with Gasteiger partial charge in [-0.05, 0) is 60.9 Å². The first-order valence-corrected chi connectivity index (χ1v) is 11.4. The van der Waals surface area contributed by atoms with Gasteiger partial charge in [0.05, 0.1) is 17.0 Å². The molecule has 2 aliphatic rings. The maximum absolute atomic E-state index is 13.4. The molecule has 3 aromatic carbocycles. The van der Waals surface area contributed by atoms with E-state index in [1.807, 2.05) is 36.4 Å². The van der Waals surface area contributed by atoms with Crippen LogP contribution in [0.1, 0.15) is 52.0 Å². The minimum atomic E-state index is -0.504. The van der Waals surface area contributed by atoms with Crippen LogP contribution in [0.3, 0.4) is 0 Å². The van der Waals surface area contributed by atoms with Crippen LogP contribution >= 0.6 is 15.9 Å². The average molecular weight is 489 g/mol. The van der Waals surface area contributed by atoms with E-state index < -0.39 is 11.8 Å². The highest BCUT2D eigenvalue weighted by Gasteiger charge is 2.38. The second-order valence-corrected chi connectivity index (χ2v) is 9.30. The van der Waals surface area contributed by atoms with Crippen molar-refractivity contribution in [2.75, 3.05) is 0 Å². The second kappa shape index (κ2) is 8.02. The highest BCUT2D eigenvalue weighted by atomic mass is 79.9. The Hall–Kier alpha value is -3.25. The molecule has 5 rings (SSSR count). The molecule has 0 radical (unpaired) electrons. The van der Waals surface area contributed by atoms with Gasteiger partial charge in [-0.15, -0.1) is 0 Å². The number of hydrogen-bond donors (Lipinski definition) is 1. The molecule has 1 aliphatic carbocycles. The first-order chi connectivity index (χ1) is 15.4. The first kappa shape index (κ1) is 20.6. The second-order valence-electron chi connectivity index (χ2n) is 8.39. The van der Waals surface area contributed by atoms with Crippen LogP contribution in [0, 0.1) is 5.92 Å². The number of hydrazine groups is 1. The Kier molecular flexibility index (Phi) is 5.18. The quantitative estimate of drug-likeness (QED) is 0.398. The van der Waals surface area contributed by atoms with Gasteiger partial charge in [0, 0.05) is 9.86 Å². The number of carbonyl (C=O) groups is 3. The van der Waals surface area contributed by atoms with Crippen LogP contribution in [0.4, 0.5) is 0 Å². The average Bonchev–Trinajstić information content (AvgIpc) is 2.80. The minimum Gasteiger partial charge on any atom is -0.273 e. The van der Waals surface area contributed by atoms with Gasteiger partial charge in [0.15, 0.2) is 0 Å². The summed E-state index contributed by atoms with van der Waals surface area (Å²) in [4.78, 5) is 39.7. The van der Waals surface area contributed by atoms with Gasteiger partial charge in [0.2, 0.25) is 5.91 Å². The fourth-order valence-corrected chi connectivity index (χ4v) is 5.00. The topological polar surface area (TPSA) is 66.5 Å². The maximum atomic E-state index is 13.4. The van der Waals surface area contributed by atoms with Crippen molar-refractivity contribution in [1.82, 2.24) is 10.4 Å². The zero-order valence-electron chi connectivity index (χ0n) is 17.5. The zero-order valence-corrected chi connectivity index (χ0v) is 19.1. The Morgan fingerprint density at radius 1 is 0.969 bits per heavy atom. The van der Waals surface area contributed by atoms with Crippen LogP contribution in [-0.4, -0.2) is 22.7 Å².